The molecule has 1 aliphatic heterocycles. The molecule has 3 rings (SSSR count). The van der Waals surface area contributed by atoms with Crippen LogP contribution in [0.2, 0.25) is 0 Å². The van der Waals surface area contributed by atoms with E-state index in [1.807, 2.05) is 13.0 Å². The minimum atomic E-state index is -0.256. The minimum absolute atomic E-state index is 0. The van der Waals surface area contributed by atoms with Crippen LogP contribution in [0.4, 0.5) is 4.39 Å². The quantitative estimate of drug-likeness (QED) is 0.758. The first-order chi connectivity index (χ1) is 10.2. The molecule has 1 aromatic heterocycles. The SMILES string of the molecule is Cc1nccn1-c1ccc(CNC2=NCCCN2)cc1F.I. The first kappa shape index (κ1) is 16.7. The van der Waals surface area contributed by atoms with Crippen molar-refractivity contribution in [1.29, 1.82) is 0 Å². The maximum absolute atomic E-state index is 14.2. The van der Waals surface area contributed by atoms with E-state index in [-0.39, 0.29) is 29.8 Å². The van der Waals surface area contributed by atoms with Gasteiger partial charge in [0.15, 0.2) is 5.96 Å². The number of guanidine groups is 1. The summed E-state index contributed by atoms with van der Waals surface area (Å²) in [5.74, 6) is 1.30. The van der Waals surface area contributed by atoms with Crippen LogP contribution >= 0.6 is 24.0 Å². The lowest BCUT2D eigenvalue weighted by molar-refractivity contribution is 0.613. The van der Waals surface area contributed by atoms with Crippen LogP contribution in [0, 0.1) is 12.7 Å². The normalized spacial score (nSPS) is 13.8. The number of halogens is 2. The van der Waals surface area contributed by atoms with Gasteiger partial charge >= 0.3 is 0 Å². The van der Waals surface area contributed by atoms with Gasteiger partial charge in [0, 0.05) is 32.0 Å². The number of aliphatic imine (C=N–C) groups is 1. The average molecular weight is 415 g/mol. The summed E-state index contributed by atoms with van der Waals surface area (Å²) in [5, 5.41) is 6.36. The Kier molecular flexibility index (Phi) is 5.76. The molecule has 22 heavy (non-hydrogen) atoms. The molecule has 0 aliphatic carbocycles. The summed E-state index contributed by atoms with van der Waals surface area (Å²) in [6, 6.07) is 5.23. The fourth-order valence-electron chi connectivity index (χ4n) is 2.33. The lowest BCUT2D eigenvalue weighted by atomic mass is 10.2. The van der Waals surface area contributed by atoms with Gasteiger partial charge in [0.25, 0.3) is 0 Å². The van der Waals surface area contributed by atoms with Crippen LogP contribution in [-0.4, -0.2) is 28.6 Å². The van der Waals surface area contributed by atoms with Crippen molar-refractivity contribution in [3.05, 3.63) is 47.8 Å². The number of benzene rings is 1. The number of nitrogens with one attached hydrogen (secondary N) is 2. The molecule has 0 amide bonds. The van der Waals surface area contributed by atoms with E-state index in [0.717, 1.165) is 36.9 Å². The van der Waals surface area contributed by atoms with Crippen LogP contribution in [0.25, 0.3) is 5.69 Å². The van der Waals surface area contributed by atoms with E-state index >= 15 is 0 Å². The fourth-order valence-corrected chi connectivity index (χ4v) is 2.33. The van der Waals surface area contributed by atoms with Gasteiger partial charge in [0.05, 0.1) is 5.69 Å². The first-order valence-electron chi connectivity index (χ1n) is 7.05. The van der Waals surface area contributed by atoms with E-state index in [9.17, 15) is 4.39 Å². The van der Waals surface area contributed by atoms with Crippen molar-refractivity contribution in [2.45, 2.75) is 19.9 Å². The molecule has 0 spiro atoms. The molecule has 5 nitrogen and oxygen atoms in total. The molecule has 0 bridgehead atoms. The Bertz CT molecular complexity index is 668. The summed E-state index contributed by atoms with van der Waals surface area (Å²) in [6.45, 7) is 4.16. The molecule has 1 aromatic carbocycles. The smallest absolute Gasteiger partial charge is 0.191 e. The number of aromatic nitrogens is 2. The van der Waals surface area contributed by atoms with Crippen LogP contribution in [0.1, 0.15) is 17.8 Å². The predicted molar refractivity (Wildman–Crippen MR) is 95.4 cm³/mol. The third-order valence-corrected chi connectivity index (χ3v) is 3.45. The van der Waals surface area contributed by atoms with Crippen LogP contribution in [0.5, 0.6) is 0 Å². The van der Waals surface area contributed by atoms with E-state index in [2.05, 4.69) is 20.6 Å². The van der Waals surface area contributed by atoms with E-state index < -0.39 is 0 Å². The second-order valence-electron chi connectivity index (χ2n) is 4.99. The molecular formula is C15H19FIN5. The van der Waals surface area contributed by atoms with Crippen molar-refractivity contribution < 1.29 is 4.39 Å². The monoisotopic (exact) mass is 415 g/mol. The van der Waals surface area contributed by atoms with Crippen molar-refractivity contribution in [1.82, 2.24) is 20.2 Å². The molecule has 2 heterocycles. The Morgan fingerprint density at radius 3 is 2.91 bits per heavy atom. The third kappa shape index (κ3) is 3.76. The van der Waals surface area contributed by atoms with Crippen molar-refractivity contribution in [3.63, 3.8) is 0 Å². The molecule has 0 saturated heterocycles. The molecule has 0 atom stereocenters. The molecular weight excluding hydrogens is 396 g/mol. The Morgan fingerprint density at radius 2 is 2.27 bits per heavy atom. The number of nitrogens with zero attached hydrogens (tertiary/aromatic N) is 3. The van der Waals surface area contributed by atoms with E-state index in [4.69, 9.17) is 0 Å². The molecule has 118 valence electrons. The van der Waals surface area contributed by atoms with Gasteiger partial charge in [-0.3, -0.25) is 4.99 Å². The molecule has 0 radical (unpaired) electrons. The van der Waals surface area contributed by atoms with Crippen LogP contribution in [0.15, 0.2) is 35.6 Å². The second-order valence-corrected chi connectivity index (χ2v) is 4.99. The standard InChI is InChI=1S/C15H18FN5.HI/c1-11-17-7-8-21(11)14-4-3-12(9-13(14)16)10-20-15-18-5-2-6-19-15;/h3-4,7-9H,2,5-6,10H2,1H3,(H2,18,19,20);1H. The molecule has 0 fully saturated rings. The predicted octanol–water partition coefficient (Wildman–Crippen LogP) is 2.38. The van der Waals surface area contributed by atoms with Crippen molar-refractivity contribution >= 4 is 29.9 Å². The Balaban J connectivity index is 0.00000176. The number of hydrogen-bond donors (Lipinski definition) is 2. The maximum atomic E-state index is 14.2. The van der Waals surface area contributed by atoms with Gasteiger partial charge in [-0.25, -0.2) is 9.37 Å². The maximum Gasteiger partial charge on any atom is 0.191 e. The van der Waals surface area contributed by atoms with Gasteiger partial charge in [-0.2, -0.15) is 0 Å². The number of aryl methyl sites for hydroxylation is 1. The largest absolute Gasteiger partial charge is 0.356 e. The summed E-state index contributed by atoms with van der Waals surface area (Å²) >= 11 is 0. The third-order valence-electron chi connectivity index (χ3n) is 3.45. The van der Waals surface area contributed by atoms with Gasteiger partial charge in [0.1, 0.15) is 11.6 Å². The molecule has 7 heteroatoms. The summed E-state index contributed by atoms with van der Waals surface area (Å²) in [6.07, 6.45) is 4.47. The van der Waals surface area contributed by atoms with Gasteiger partial charge in [-0.05, 0) is 31.0 Å². The van der Waals surface area contributed by atoms with Crippen molar-refractivity contribution in [3.8, 4) is 5.69 Å². The highest BCUT2D eigenvalue weighted by atomic mass is 127. The lowest BCUT2D eigenvalue weighted by Gasteiger charge is -2.16. The van der Waals surface area contributed by atoms with Gasteiger partial charge in [-0.1, -0.05) is 6.07 Å². The highest BCUT2D eigenvalue weighted by molar-refractivity contribution is 14.0. The molecule has 2 N–H and O–H groups in total. The Labute approximate surface area is 146 Å². The van der Waals surface area contributed by atoms with Gasteiger partial charge in [0.2, 0.25) is 0 Å². The molecule has 1 aliphatic rings. The van der Waals surface area contributed by atoms with E-state index in [1.165, 1.54) is 0 Å². The second kappa shape index (κ2) is 7.57. The van der Waals surface area contributed by atoms with E-state index in [1.54, 1.807) is 29.1 Å². The number of hydrogen-bond acceptors (Lipinski definition) is 4. The van der Waals surface area contributed by atoms with E-state index in [0.29, 0.717) is 12.2 Å². The average Bonchev–Trinajstić information content (AvgIpc) is 2.92. The lowest BCUT2D eigenvalue weighted by Crippen LogP contribution is -2.40. The zero-order valence-electron chi connectivity index (χ0n) is 12.3. The van der Waals surface area contributed by atoms with Crippen LogP contribution in [-0.2, 0) is 6.54 Å². The number of imidazole rings is 1. The number of rotatable bonds is 3. The summed E-state index contributed by atoms with van der Waals surface area (Å²) in [5.41, 5.74) is 1.39. The Morgan fingerprint density at radius 1 is 1.41 bits per heavy atom. The summed E-state index contributed by atoms with van der Waals surface area (Å²) < 4.78 is 16.0. The Hall–Kier alpha value is -1.64. The zero-order valence-corrected chi connectivity index (χ0v) is 14.7. The summed E-state index contributed by atoms with van der Waals surface area (Å²) in [4.78, 5) is 8.44. The molecule has 0 unspecified atom stereocenters. The van der Waals surface area contributed by atoms with Gasteiger partial charge < -0.3 is 15.2 Å². The highest BCUT2D eigenvalue weighted by Gasteiger charge is 2.09. The van der Waals surface area contributed by atoms with Crippen molar-refractivity contribution in [2.75, 3.05) is 13.1 Å². The minimum Gasteiger partial charge on any atom is -0.356 e. The van der Waals surface area contributed by atoms with Crippen LogP contribution < -0.4 is 10.6 Å². The highest BCUT2D eigenvalue weighted by Crippen LogP contribution is 2.16. The zero-order chi connectivity index (χ0) is 14.7. The summed E-state index contributed by atoms with van der Waals surface area (Å²) in [7, 11) is 0. The fraction of sp³-hybridized carbons (Fsp3) is 0.333. The van der Waals surface area contributed by atoms with Crippen LogP contribution in [0.3, 0.4) is 0 Å². The van der Waals surface area contributed by atoms with Gasteiger partial charge in [-0.15, -0.1) is 24.0 Å². The molecule has 0 saturated carbocycles. The first-order valence-corrected chi connectivity index (χ1v) is 7.05. The van der Waals surface area contributed by atoms with Crippen molar-refractivity contribution in [2.24, 2.45) is 4.99 Å². The molecule has 2 aromatic rings. The topological polar surface area (TPSA) is 54.2 Å².